The molecule has 1 N–H and O–H groups in total. The van der Waals surface area contributed by atoms with E-state index in [9.17, 15) is 9.59 Å². The molecule has 2 aliphatic rings. The Morgan fingerprint density at radius 1 is 1.09 bits per heavy atom. The SMILES string of the molecule is CC(C)N1CCN(c2ccc(-c3cnnc4ccc(C=C5SC(=O)NC5=O)cc34)cc2F)CC1. The summed E-state index contributed by atoms with van der Waals surface area (Å²) in [5, 5.41) is 10.9. The molecule has 0 saturated carbocycles. The van der Waals surface area contributed by atoms with E-state index in [1.165, 1.54) is 0 Å². The van der Waals surface area contributed by atoms with Crippen molar-refractivity contribution in [1.29, 1.82) is 0 Å². The summed E-state index contributed by atoms with van der Waals surface area (Å²) in [7, 11) is 0. The number of anilines is 1. The van der Waals surface area contributed by atoms with E-state index in [1.807, 2.05) is 24.3 Å². The molecule has 2 aromatic carbocycles. The van der Waals surface area contributed by atoms with E-state index in [0.29, 0.717) is 27.7 Å². The molecule has 0 unspecified atom stereocenters. The molecule has 2 fully saturated rings. The second kappa shape index (κ2) is 9.15. The molecular formula is C25H24FN5O2S. The van der Waals surface area contributed by atoms with Gasteiger partial charge in [0.05, 0.1) is 22.3 Å². The molecule has 2 saturated heterocycles. The van der Waals surface area contributed by atoms with Gasteiger partial charge in [0.2, 0.25) is 0 Å². The largest absolute Gasteiger partial charge is 0.367 e. The van der Waals surface area contributed by atoms with Crippen LogP contribution in [0.4, 0.5) is 14.9 Å². The molecule has 2 amide bonds. The molecule has 5 rings (SSSR count). The third-order valence-electron chi connectivity index (χ3n) is 6.25. The number of benzene rings is 2. The number of hydrogen-bond acceptors (Lipinski definition) is 7. The predicted octanol–water partition coefficient (Wildman–Crippen LogP) is 4.29. The van der Waals surface area contributed by atoms with Gasteiger partial charge in [0.25, 0.3) is 11.1 Å². The first-order valence-corrected chi connectivity index (χ1v) is 12.0. The van der Waals surface area contributed by atoms with Crippen LogP contribution in [0.25, 0.3) is 28.1 Å². The fraction of sp³-hybridized carbons (Fsp3) is 0.280. The van der Waals surface area contributed by atoms with Crippen LogP contribution in [0.5, 0.6) is 0 Å². The molecule has 7 nitrogen and oxygen atoms in total. The van der Waals surface area contributed by atoms with Crippen molar-refractivity contribution >= 4 is 45.6 Å². The number of thioether (sulfide) groups is 1. The van der Waals surface area contributed by atoms with Gasteiger partial charge in [0, 0.05) is 43.2 Å². The summed E-state index contributed by atoms with van der Waals surface area (Å²) in [6.45, 7) is 7.78. The Morgan fingerprint density at radius 3 is 2.56 bits per heavy atom. The molecule has 0 bridgehead atoms. The normalized spacial score (nSPS) is 18.4. The number of hydrogen-bond donors (Lipinski definition) is 1. The first-order valence-electron chi connectivity index (χ1n) is 11.2. The number of imide groups is 1. The molecule has 2 aliphatic heterocycles. The summed E-state index contributed by atoms with van der Waals surface area (Å²) in [6, 6.07) is 11.3. The second-order valence-electron chi connectivity index (χ2n) is 8.67. The van der Waals surface area contributed by atoms with Crippen LogP contribution in [0.15, 0.2) is 47.5 Å². The number of amides is 2. The van der Waals surface area contributed by atoms with Crippen molar-refractivity contribution in [2.24, 2.45) is 0 Å². The number of nitrogens with zero attached hydrogens (tertiary/aromatic N) is 4. The van der Waals surface area contributed by atoms with Crippen LogP contribution in [0.2, 0.25) is 0 Å². The number of carbonyl (C=O) groups is 2. The molecule has 34 heavy (non-hydrogen) atoms. The van der Waals surface area contributed by atoms with Gasteiger partial charge in [0.1, 0.15) is 5.82 Å². The number of fused-ring (bicyclic) bond motifs is 1. The van der Waals surface area contributed by atoms with Crippen molar-refractivity contribution in [1.82, 2.24) is 20.4 Å². The lowest BCUT2D eigenvalue weighted by Gasteiger charge is -2.38. The topological polar surface area (TPSA) is 78.4 Å². The van der Waals surface area contributed by atoms with Gasteiger partial charge in [-0.3, -0.25) is 19.8 Å². The molecule has 9 heteroatoms. The molecule has 0 spiro atoms. The van der Waals surface area contributed by atoms with Crippen LogP contribution in [0.3, 0.4) is 0 Å². The summed E-state index contributed by atoms with van der Waals surface area (Å²) in [4.78, 5) is 28.2. The molecular weight excluding hydrogens is 453 g/mol. The maximum absolute atomic E-state index is 15.2. The summed E-state index contributed by atoms with van der Waals surface area (Å²) < 4.78 is 15.2. The zero-order valence-corrected chi connectivity index (χ0v) is 19.7. The van der Waals surface area contributed by atoms with Crippen LogP contribution in [0.1, 0.15) is 19.4 Å². The predicted molar refractivity (Wildman–Crippen MR) is 133 cm³/mol. The van der Waals surface area contributed by atoms with Gasteiger partial charge in [-0.1, -0.05) is 12.1 Å². The van der Waals surface area contributed by atoms with Gasteiger partial charge in [-0.15, -0.1) is 0 Å². The number of piperazine rings is 1. The lowest BCUT2D eigenvalue weighted by atomic mass is 10.00. The van der Waals surface area contributed by atoms with Gasteiger partial charge in [-0.25, -0.2) is 4.39 Å². The quantitative estimate of drug-likeness (QED) is 0.562. The Morgan fingerprint density at radius 2 is 1.88 bits per heavy atom. The van der Waals surface area contributed by atoms with Gasteiger partial charge in [-0.05, 0) is 67.1 Å². The summed E-state index contributed by atoms with van der Waals surface area (Å²) >= 11 is 0.869. The first-order chi connectivity index (χ1) is 16.4. The van der Waals surface area contributed by atoms with Crippen molar-refractivity contribution in [3.8, 4) is 11.1 Å². The van der Waals surface area contributed by atoms with Crippen molar-refractivity contribution in [3.63, 3.8) is 0 Å². The summed E-state index contributed by atoms with van der Waals surface area (Å²) in [5.74, 6) is -0.675. The lowest BCUT2D eigenvalue weighted by molar-refractivity contribution is -0.115. The third kappa shape index (κ3) is 4.41. The first kappa shape index (κ1) is 22.5. The van der Waals surface area contributed by atoms with Gasteiger partial charge >= 0.3 is 0 Å². The zero-order valence-electron chi connectivity index (χ0n) is 18.9. The van der Waals surface area contributed by atoms with E-state index in [1.54, 1.807) is 24.4 Å². The number of carbonyl (C=O) groups excluding carboxylic acids is 2. The number of halogens is 1. The van der Waals surface area contributed by atoms with E-state index in [2.05, 4.69) is 39.2 Å². The van der Waals surface area contributed by atoms with Crippen LogP contribution in [0, 0.1) is 5.82 Å². The fourth-order valence-corrected chi connectivity index (χ4v) is 5.06. The minimum atomic E-state index is -0.407. The van der Waals surface area contributed by atoms with E-state index < -0.39 is 5.91 Å². The van der Waals surface area contributed by atoms with Crippen molar-refractivity contribution in [3.05, 3.63) is 58.9 Å². The minimum Gasteiger partial charge on any atom is -0.367 e. The molecule has 1 aromatic heterocycles. The van der Waals surface area contributed by atoms with Gasteiger partial charge < -0.3 is 4.90 Å². The smallest absolute Gasteiger partial charge is 0.290 e. The average Bonchev–Trinajstić information content (AvgIpc) is 3.15. The maximum Gasteiger partial charge on any atom is 0.290 e. The summed E-state index contributed by atoms with van der Waals surface area (Å²) in [5.41, 5.74) is 3.47. The Bertz CT molecular complexity index is 1320. The van der Waals surface area contributed by atoms with Crippen LogP contribution in [-0.4, -0.2) is 58.5 Å². The van der Waals surface area contributed by atoms with E-state index in [4.69, 9.17) is 0 Å². The molecule has 3 aromatic rings. The molecule has 3 heterocycles. The number of nitrogens with one attached hydrogen (secondary N) is 1. The highest BCUT2D eigenvalue weighted by Gasteiger charge is 2.25. The Labute approximate surface area is 201 Å². The molecule has 0 aliphatic carbocycles. The van der Waals surface area contributed by atoms with Crippen LogP contribution in [-0.2, 0) is 4.79 Å². The minimum absolute atomic E-state index is 0.267. The third-order valence-corrected chi connectivity index (χ3v) is 7.06. The highest BCUT2D eigenvalue weighted by atomic mass is 32.2. The number of rotatable bonds is 4. The summed E-state index contributed by atoms with van der Waals surface area (Å²) in [6.07, 6.45) is 3.28. The fourth-order valence-electron chi connectivity index (χ4n) is 4.38. The van der Waals surface area contributed by atoms with E-state index >= 15 is 4.39 Å². The highest BCUT2D eigenvalue weighted by molar-refractivity contribution is 8.18. The Hall–Kier alpha value is -3.30. The highest BCUT2D eigenvalue weighted by Crippen LogP contribution is 2.32. The van der Waals surface area contributed by atoms with Gasteiger partial charge in [-0.2, -0.15) is 10.2 Å². The maximum atomic E-state index is 15.2. The van der Waals surface area contributed by atoms with Crippen molar-refractivity contribution in [2.45, 2.75) is 19.9 Å². The van der Waals surface area contributed by atoms with Crippen LogP contribution < -0.4 is 10.2 Å². The van der Waals surface area contributed by atoms with Crippen LogP contribution >= 0.6 is 11.8 Å². The monoisotopic (exact) mass is 477 g/mol. The van der Waals surface area contributed by atoms with E-state index in [-0.39, 0.29) is 11.1 Å². The van der Waals surface area contributed by atoms with Crippen molar-refractivity contribution in [2.75, 3.05) is 31.1 Å². The Kier molecular flexibility index (Phi) is 6.05. The van der Waals surface area contributed by atoms with Gasteiger partial charge in [0.15, 0.2) is 0 Å². The van der Waals surface area contributed by atoms with Crippen molar-refractivity contribution < 1.29 is 14.0 Å². The van der Waals surface area contributed by atoms with E-state index in [0.717, 1.165) is 54.5 Å². The molecule has 0 atom stereocenters. The zero-order chi connectivity index (χ0) is 23.8. The molecule has 174 valence electrons. The number of aromatic nitrogens is 2. The standard InChI is InChI=1S/C25H24FN5O2S/c1-15(2)30-7-9-31(10-8-30)22-6-4-17(13-20(22)26)19-14-27-29-21-5-3-16(11-18(19)21)12-23-24(32)28-25(33)34-23/h3-6,11-15H,7-10H2,1-2H3,(H,28,32,33). The lowest BCUT2D eigenvalue weighted by Crippen LogP contribution is -2.49. The Balaban J connectivity index is 1.46. The average molecular weight is 478 g/mol. The molecule has 0 radical (unpaired) electrons. The second-order valence-corrected chi connectivity index (χ2v) is 9.68.